The molecular formula is C34H38N6O6. The van der Waals surface area contributed by atoms with Gasteiger partial charge in [-0.2, -0.15) is 0 Å². The highest BCUT2D eigenvalue weighted by molar-refractivity contribution is 5.98. The maximum Gasteiger partial charge on any atom is 0.340 e. The number of nitrogens with one attached hydrogen (secondary N) is 3. The molecule has 3 heterocycles. The highest BCUT2D eigenvalue weighted by Crippen LogP contribution is 2.30. The fourth-order valence-electron chi connectivity index (χ4n) is 5.50. The van der Waals surface area contributed by atoms with Crippen LogP contribution in [0.3, 0.4) is 0 Å². The molecule has 46 heavy (non-hydrogen) atoms. The number of rotatable bonds is 12. The molecule has 0 aliphatic carbocycles. The molecule has 0 bridgehead atoms. The maximum atomic E-state index is 13.7. The number of hydrogen-bond donors (Lipinski definition) is 4. The van der Waals surface area contributed by atoms with Gasteiger partial charge in [-0.15, -0.1) is 5.10 Å². The zero-order chi connectivity index (χ0) is 33.2. The van der Waals surface area contributed by atoms with Crippen LogP contribution < -0.4 is 16.3 Å². The summed E-state index contributed by atoms with van der Waals surface area (Å²) in [5.41, 5.74) is 1.53. The number of nitrogens with zero attached hydrogens (tertiary/aromatic N) is 3. The van der Waals surface area contributed by atoms with E-state index in [0.717, 1.165) is 23.7 Å². The molecule has 0 radical (unpaired) electrons. The van der Waals surface area contributed by atoms with E-state index in [2.05, 4.69) is 25.9 Å². The van der Waals surface area contributed by atoms with Crippen LogP contribution in [0, 0.1) is 12.8 Å². The summed E-state index contributed by atoms with van der Waals surface area (Å²) in [5, 5.41) is 25.6. The molecule has 0 aliphatic rings. The number of aromatic amines is 1. The van der Waals surface area contributed by atoms with Crippen LogP contribution >= 0.6 is 0 Å². The van der Waals surface area contributed by atoms with E-state index in [-0.39, 0.29) is 28.9 Å². The van der Waals surface area contributed by atoms with Crippen molar-refractivity contribution in [3.05, 3.63) is 87.7 Å². The second kappa shape index (κ2) is 13.0. The maximum absolute atomic E-state index is 13.7. The van der Waals surface area contributed by atoms with Crippen molar-refractivity contribution < 1.29 is 23.9 Å². The third-order valence-corrected chi connectivity index (χ3v) is 8.72. The van der Waals surface area contributed by atoms with Crippen LogP contribution in [0.4, 0.5) is 5.69 Å². The smallest absolute Gasteiger partial charge is 0.340 e. The van der Waals surface area contributed by atoms with Crippen molar-refractivity contribution in [1.29, 1.82) is 0 Å². The summed E-state index contributed by atoms with van der Waals surface area (Å²) >= 11 is 0. The lowest BCUT2D eigenvalue weighted by molar-refractivity contribution is -0.136. The average molecular weight is 627 g/mol. The summed E-state index contributed by atoms with van der Waals surface area (Å²) in [6.07, 6.45) is 5.20. The Morgan fingerprint density at radius 1 is 1.13 bits per heavy atom. The van der Waals surface area contributed by atoms with Gasteiger partial charge in [0, 0.05) is 34.4 Å². The third kappa shape index (κ3) is 6.42. The molecular weight excluding hydrogens is 588 g/mol. The largest absolute Gasteiger partial charge is 0.481 e. The van der Waals surface area contributed by atoms with Gasteiger partial charge in [-0.3, -0.25) is 14.4 Å². The van der Waals surface area contributed by atoms with E-state index in [1.165, 1.54) is 4.68 Å². The van der Waals surface area contributed by atoms with Gasteiger partial charge in [0.1, 0.15) is 17.3 Å². The Bertz CT molecular complexity index is 1990. The number of aliphatic carboxylic acids is 1. The lowest BCUT2D eigenvalue weighted by atomic mass is 9.85. The predicted octanol–water partition coefficient (Wildman–Crippen LogP) is 5.47. The number of carboxylic acid groups (broad SMARTS) is 1. The Morgan fingerprint density at radius 3 is 2.63 bits per heavy atom. The normalized spacial score (nSPS) is 13.5. The Balaban J connectivity index is 1.39. The fourth-order valence-corrected chi connectivity index (χ4v) is 5.50. The molecule has 0 saturated heterocycles. The number of benzene rings is 2. The van der Waals surface area contributed by atoms with E-state index < -0.39 is 29.6 Å². The summed E-state index contributed by atoms with van der Waals surface area (Å²) in [7, 11) is 0. The van der Waals surface area contributed by atoms with E-state index in [4.69, 9.17) is 9.52 Å². The summed E-state index contributed by atoms with van der Waals surface area (Å²) in [4.78, 5) is 53.9. The quantitative estimate of drug-likeness (QED) is 0.132. The molecule has 0 aliphatic heterocycles. The number of carbonyl (C=O) groups excluding carboxylic acids is 2. The molecule has 0 fully saturated rings. The molecule has 5 rings (SSSR count). The molecule has 5 aromatic rings. The molecule has 12 heteroatoms. The summed E-state index contributed by atoms with van der Waals surface area (Å²) in [6, 6.07) is 11.6. The molecule has 12 nitrogen and oxygen atoms in total. The van der Waals surface area contributed by atoms with Crippen molar-refractivity contribution in [2.24, 2.45) is 5.92 Å². The van der Waals surface area contributed by atoms with E-state index in [9.17, 15) is 19.2 Å². The molecule has 240 valence electrons. The lowest BCUT2D eigenvalue weighted by Crippen LogP contribution is -2.47. The van der Waals surface area contributed by atoms with Gasteiger partial charge in [0.05, 0.1) is 23.7 Å². The summed E-state index contributed by atoms with van der Waals surface area (Å²) in [5.74, 6) is -1.78. The third-order valence-electron chi connectivity index (χ3n) is 8.72. The Hall–Kier alpha value is -5.26. The number of fused-ring (bicyclic) bond motifs is 2. The monoisotopic (exact) mass is 626 g/mol. The van der Waals surface area contributed by atoms with Gasteiger partial charge in [-0.05, 0) is 67.5 Å². The zero-order valence-corrected chi connectivity index (χ0v) is 26.5. The van der Waals surface area contributed by atoms with Gasteiger partial charge in [0.25, 0.3) is 5.91 Å². The molecule has 2 amide bonds. The first-order chi connectivity index (χ1) is 21.9. The molecule has 0 unspecified atom stereocenters. The van der Waals surface area contributed by atoms with Crippen LogP contribution in [0.15, 0.2) is 64.1 Å². The van der Waals surface area contributed by atoms with Gasteiger partial charge in [-0.1, -0.05) is 44.9 Å². The molecule has 2 atom stereocenters. The molecule has 3 aromatic heterocycles. The van der Waals surface area contributed by atoms with Crippen LogP contribution in [0.25, 0.3) is 21.9 Å². The van der Waals surface area contributed by atoms with Crippen molar-refractivity contribution in [3.63, 3.8) is 0 Å². The number of carbonyl (C=O) groups is 3. The van der Waals surface area contributed by atoms with Crippen LogP contribution in [-0.2, 0) is 21.5 Å². The van der Waals surface area contributed by atoms with Gasteiger partial charge >= 0.3 is 11.6 Å². The minimum Gasteiger partial charge on any atom is -0.481 e. The van der Waals surface area contributed by atoms with E-state index in [1.807, 2.05) is 52.1 Å². The molecule has 2 aromatic carbocycles. The van der Waals surface area contributed by atoms with Gasteiger partial charge in [0.2, 0.25) is 5.91 Å². The van der Waals surface area contributed by atoms with Crippen LogP contribution in [-0.4, -0.2) is 42.9 Å². The van der Waals surface area contributed by atoms with Gasteiger partial charge in [-0.25, -0.2) is 9.48 Å². The highest BCUT2D eigenvalue weighted by atomic mass is 16.4. The zero-order valence-electron chi connectivity index (χ0n) is 26.5. The van der Waals surface area contributed by atoms with Crippen molar-refractivity contribution in [3.8, 4) is 0 Å². The van der Waals surface area contributed by atoms with Crippen molar-refractivity contribution >= 4 is 45.3 Å². The number of hydrogen-bond acceptors (Lipinski definition) is 7. The number of unbranched alkanes of at least 4 members (excludes halogenated alkanes) is 1. The van der Waals surface area contributed by atoms with Gasteiger partial charge in [0.15, 0.2) is 0 Å². The fraction of sp³-hybridized carbons (Fsp3) is 0.353. The number of anilines is 1. The first kappa shape index (κ1) is 32.1. The average Bonchev–Trinajstić information content (AvgIpc) is 3.69. The summed E-state index contributed by atoms with van der Waals surface area (Å²) in [6.45, 7) is 9.57. The standard InChI is InChI=1S/C34H38N6O6/c1-6-7-8-27(32(44)36-23-11-12-24-20(4)25(17-30(41)42)33(45)46-28(24)16-23)40-18-29(38-39-40)34(5,19(2)3)37-31(43)22-10-9-21-13-14-35-26(21)15-22/h9-16,18-19,27,35H,6-8,17H2,1-5H3,(H,36,44)(H,37,43)(H,41,42)/t27-,34-/m0/s1. The molecule has 0 spiro atoms. The Labute approximate surface area is 265 Å². The minimum absolute atomic E-state index is 0.0644. The number of aromatic nitrogens is 4. The van der Waals surface area contributed by atoms with Crippen LogP contribution in [0.2, 0.25) is 0 Å². The van der Waals surface area contributed by atoms with Crippen molar-refractivity contribution in [1.82, 2.24) is 25.3 Å². The highest BCUT2D eigenvalue weighted by Gasteiger charge is 2.36. The van der Waals surface area contributed by atoms with Crippen LogP contribution in [0.5, 0.6) is 0 Å². The van der Waals surface area contributed by atoms with E-state index >= 15 is 0 Å². The van der Waals surface area contributed by atoms with E-state index in [1.54, 1.807) is 37.4 Å². The Kier molecular flexibility index (Phi) is 9.08. The van der Waals surface area contributed by atoms with Crippen molar-refractivity contribution in [2.75, 3.05) is 5.32 Å². The minimum atomic E-state index is -1.13. The number of aryl methyl sites for hydroxylation is 1. The first-order valence-electron chi connectivity index (χ1n) is 15.3. The second-order valence-corrected chi connectivity index (χ2v) is 12.1. The Morgan fingerprint density at radius 2 is 1.91 bits per heavy atom. The van der Waals surface area contributed by atoms with Gasteiger partial charge < -0.3 is 25.1 Å². The second-order valence-electron chi connectivity index (χ2n) is 12.1. The molecule has 0 saturated carbocycles. The number of amides is 2. The summed E-state index contributed by atoms with van der Waals surface area (Å²) < 4.78 is 6.95. The molecule has 4 N–H and O–H groups in total. The SMILES string of the molecule is CCCC[C@@H](C(=O)Nc1ccc2c(C)c(CC(=O)O)c(=O)oc2c1)n1cc([C@@](C)(NC(=O)c2ccc3cc[nH]c3c2)C(C)C)nn1. The number of H-pyrrole nitrogens is 1. The lowest BCUT2D eigenvalue weighted by Gasteiger charge is -2.33. The predicted molar refractivity (Wildman–Crippen MR) is 174 cm³/mol. The van der Waals surface area contributed by atoms with Crippen molar-refractivity contribution in [2.45, 2.75) is 71.9 Å². The van der Waals surface area contributed by atoms with E-state index in [0.29, 0.717) is 34.3 Å². The number of carboxylic acids is 1. The first-order valence-corrected chi connectivity index (χ1v) is 15.3. The topological polar surface area (TPSA) is 172 Å². The van der Waals surface area contributed by atoms with Crippen LogP contribution in [0.1, 0.15) is 80.2 Å².